The number of carbonyl (C=O) groups is 1. The summed E-state index contributed by atoms with van der Waals surface area (Å²) in [6.07, 6.45) is 0. The number of aromatic nitrogens is 2. The first-order valence-corrected chi connectivity index (χ1v) is 10.00. The summed E-state index contributed by atoms with van der Waals surface area (Å²) in [5.41, 5.74) is 2.60. The highest BCUT2D eigenvalue weighted by molar-refractivity contribution is 5.75. The quantitative estimate of drug-likeness (QED) is 0.580. The Hall–Kier alpha value is -3.32. The van der Waals surface area contributed by atoms with Crippen LogP contribution in [0, 0.1) is 0 Å². The average molecular weight is 409 g/mol. The molecular formula is C23H28N4O3. The molecule has 0 saturated carbocycles. The summed E-state index contributed by atoms with van der Waals surface area (Å²) in [6, 6.07) is 19.3. The van der Waals surface area contributed by atoms with Crippen molar-refractivity contribution in [3.63, 3.8) is 0 Å². The van der Waals surface area contributed by atoms with Crippen LogP contribution in [0.5, 0.6) is 11.6 Å². The largest absolute Gasteiger partial charge is 0.439 e. The first-order valence-electron chi connectivity index (χ1n) is 10.00. The van der Waals surface area contributed by atoms with Crippen LogP contribution in [0.3, 0.4) is 0 Å². The Morgan fingerprint density at radius 2 is 1.77 bits per heavy atom. The van der Waals surface area contributed by atoms with Crippen molar-refractivity contribution in [3.8, 4) is 22.9 Å². The van der Waals surface area contributed by atoms with Crippen LogP contribution in [0.2, 0.25) is 0 Å². The normalized spacial score (nSPS) is 10.6. The fourth-order valence-electron chi connectivity index (χ4n) is 3.16. The Kier molecular flexibility index (Phi) is 7.45. The minimum Gasteiger partial charge on any atom is -0.439 e. The van der Waals surface area contributed by atoms with Crippen LogP contribution in [0.4, 0.5) is 4.79 Å². The van der Waals surface area contributed by atoms with E-state index in [0.717, 1.165) is 16.8 Å². The van der Waals surface area contributed by atoms with E-state index in [1.54, 1.807) is 16.7 Å². The standard InChI is InChI=1S/C23H28N4O3/c1-4-24-23(28)27(15-16-29-3)17-20-21(18-11-7-5-8-12-18)25-26(2)22(20)30-19-13-9-6-10-14-19/h5-14H,4,15-17H2,1-3H3,(H,24,28). The summed E-state index contributed by atoms with van der Waals surface area (Å²) >= 11 is 0. The molecule has 0 radical (unpaired) electrons. The van der Waals surface area contributed by atoms with E-state index in [1.807, 2.05) is 74.6 Å². The highest BCUT2D eigenvalue weighted by Gasteiger charge is 2.24. The van der Waals surface area contributed by atoms with Crippen molar-refractivity contribution >= 4 is 6.03 Å². The summed E-state index contributed by atoms with van der Waals surface area (Å²) in [6.45, 7) is 3.68. The lowest BCUT2D eigenvalue weighted by Gasteiger charge is -2.23. The number of amides is 2. The van der Waals surface area contributed by atoms with Crippen molar-refractivity contribution in [3.05, 3.63) is 66.2 Å². The van der Waals surface area contributed by atoms with Gasteiger partial charge in [0.05, 0.1) is 18.7 Å². The summed E-state index contributed by atoms with van der Waals surface area (Å²) in [5, 5.41) is 7.59. The molecule has 7 nitrogen and oxygen atoms in total. The molecule has 3 rings (SSSR count). The lowest BCUT2D eigenvalue weighted by molar-refractivity contribution is 0.146. The summed E-state index contributed by atoms with van der Waals surface area (Å²) in [5.74, 6) is 1.31. The third-order valence-electron chi connectivity index (χ3n) is 4.62. The van der Waals surface area contributed by atoms with Crippen LogP contribution in [-0.4, -0.2) is 47.5 Å². The zero-order valence-electron chi connectivity index (χ0n) is 17.7. The predicted octanol–water partition coefficient (Wildman–Crippen LogP) is 4.06. The van der Waals surface area contributed by atoms with Crippen LogP contribution in [0.15, 0.2) is 60.7 Å². The number of ether oxygens (including phenoxy) is 2. The number of benzene rings is 2. The minimum absolute atomic E-state index is 0.150. The molecule has 3 aromatic rings. The molecule has 0 bridgehead atoms. The van der Waals surface area contributed by atoms with Gasteiger partial charge in [0.1, 0.15) is 11.4 Å². The van der Waals surface area contributed by atoms with Gasteiger partial charge in [0.15, 0.2) is 0 Å². The second kappa shape index (κ2) is 10.5. The lowest BCUT2D eigenvalue weighted by Crippen LogP contribution is -2.41. The fraction of sp³-hybridized carbons (Fsp3) is 0.304. The van der Waals surface area contributed by atoms with Gasteiger partial charge in [-0.05, 0) is 19.1 Å². The highest BCUT2D eigenvalue weighted by atomic mass is 16.5. The average Bonchev–Trinajstić information content (AvgIpc) is 3.07. The van der Waals surface area contributed by atoms with E-state index < -0.39 is 0 Å². The number of para-hydroxylation sites is 1. The van der Waals surface area contributed by atoms with E-state index in [9.17, 15) is 4.79 Å². The van der Waals surface area contributed by atoms with Crippen molar-refractivity contribution < 1.29 is 14.3 Å². The number of methoxy groups -OCH3 is 1. The van der Waals surface area contributed by atoms with Gasteiger partial charge in [0, 0.05) is 32.8 Å². The molecule has 1 heterocycles. The Morgan fingerprint density at radius 3 is 2.40 bits per heavy atom. The van der Waals surface area contributed by atoms with Crippen molar-refractivity contribution in [1.29, 1.82) is 0 Å². The molecular weight excluding hydrogens is 380 g/mol. The number of aryl methyl sites for hydroxylation is 1. The number of hydrogen-bond donors (Lipinski definition) is 1. The molecule has 0 unspecified atom stereocenters. The second-order valence-electron chi connectivity index (χ2n) is 6.79. The van der Waals surface area contributed by atoms with Gasteiger partial charge in [-0.15, -0.1) is 0 Å². The number of nitrogens with one attached hydrogen (secondary N) is 1. The molecule has 0 atom stereocenters. The van der Waals surface area contributed by atoms with Gasteiger partial charge in [-0.25, -0.2) is 9.48 Å². The molecule has 7 heteroatoms. The van der Waals surface area contributed by atoms with Gasteiger partial charge in [-0.3, -0.25) is 0 Å². The predicted molar refractivity (Wildman–Crippen MR) is 117 cm³/mol. The minimum atomic E-state index is -0.150. The van der Waals surface area contributed by atoms with E-state index in [0.29, 0.717) is 37.9 Å². The molecule has 2 amide bonds. The molecule has 1 N–H and O–H groups in total. The fourth-order valence-corrected chi connectivity index (χ4v) is 3.16. The SMILES string of the molecule is CCNC(=O)N(CCOC)Cc1c(-c2ccccc2)nn(C)c1Oc1ccccc1. The maximum atomic E-state index is 12.7. The number of nitrogens with zero attached hydrogens (tertiary/aromatic N) is 3. The maximum absolute atomic E-state index is 12.7. The molecule has 0 aliphatic carbocycles. The molecule has 0 aliphatic heterocycles. The van der Waals surface area contributed by atoms with Gasteiger partial charge < -0.3 is 19.7 Å². The zero-order valence-corrected chi connectivity index (χ0v) is 17.7. The topological polar surface area (TPSA) is 68.6 Å². The number of urea groups is 1. The van der Waals surface area contributed by atoms with Gasteiger partial charge >= 0.3 is 6.03 Å². The third kappa shape index (κ3) is 5.18. The van der Waals surface area contributed by atoms with E-state index in [1.165, 1.54) is 0 Å². The molecule has 0 spiro atoms. The van der Waals surface area contributed by atoms with Gasteiger partial charge in [0.25, 0.3) is 0 Å². The molecule has 158 valence electrons. The Bertz CT molecular complexity index is 942. The number of rotatable bonds is 9. The molecule has 0 saturated heterocycles. The Labute approximate surface area is 177 Å². The summed E-state index contributed by atoms with van der Waals surface area (Å²) in [7, 11) is 3.47. The van der Waals surface area contributed by atoms with E-state index in [4.69, 9.17) is 14.6 Å². The van der Waals surface area contributed by atoms with Gasteiger partial charge in [-0.2, -0.15) is 5.10 Å². The molecule has 1 aromatic heterocycles. The first kappa shape index (κ1) is 21.4. The smallest absolute Gasteiger partial charge is 0.317 e. The maximum Gasteiger partial charge on any atom is 0.317 e. The number of carbonyl (C=O) groups excluding carboxylic acids is 1. The monoisotopic (exact) mass is 408 g/mol. The van der Waals surface area contributed by atoms with Crippen molar-refractivity contribution in [2.45, 2.75) is 13.5 Å². The van der Waals surface area contributed by atoms with Crippen LogP contribution in [0.1, 0.15) is 12.5 Å². The molecule has 2 aromatic carbocycles. The van der Waals surface area contributed by atoms with Gasteiger partial charge in [-0.1, -0.05) is 48.5 Å². The lowest BCUT2D eigenvalue weighted by atomic mass is 10.1. The van der Waals surface area contributed by atoms with E-state index >= 15 is 0 Å². The molecule has 0 fully saturated rings. The van der Waals surface area contributed by atoms with E-state index in [-0.39, 0.29) is 6.03 Å². The Balaban J connectivity index is 2.02. The van der Waals surface area contributed by atoms with E-state index in [2.05, 4.69) is 5.32 Å². The highest BCUT2D eigenvalue weighted by Crippen LogP contribution is 2.34. The van der Waals surface area contributed by atoms with Crippen LogP contribution >= 0.6 is 0 Å². The second-order valence-corrected chi connectivity index (χ2v) is 6.79. The third-order valence-corrected chi connectivity index (χ3v) is 4.62. The van der Waals surface area contributed by atoms with Gasteiger partial charge in [0.2, 0.25) is 5.88 Å². The number of hydrogen-bond acceptors (Lipinski definition) is 4. The van der Waals surface area contributed by atoms with Crippen molar-refractivity contribution in [2.24, 2.45) is 7.05 Å². The first-order chi connectivity index (χ1) is 14.6. The zero-order chi connectivity index (χ0) is 21.3. The Morgan fingerprint density at radius 1 is 1.10 bits per heavy atom. The summed E-state index contributed by atoms with van der Waals surface area (Å²) < 4.78 is 13.1. The van der Waals surface area contributed by atoms with Crippen LogP contribution in [-0.2, 0) is 18.3 Å². The van der Waals surface area contributed by atoms with Crippen molar-refractivity contribution in [2.75, 3.05) is 26.8 Å². The molecule has 30 heavy (non-hydrogen) atoms. The van der Waals surface area contributed by atoms with Crippen molar-refractivity contribution in [1.82, 2.24) is 20.0 Å². The van der Waals surface area contributed by atoms with Crippen LogP contribution in [0.25, 0.3) is 11.3 Å². The summed E-state index contributed by atoms with van der Waals surface area (Å²) in [4.78, 5) is 14.4. The van der Waals surface area contributed by atoms with Crippen LogP contribution < -0.4 is 10.1 Å². The molecule has 0 aliphatic rings.